The second-order valence-electron chi connectivity index (χ2n) is 9.45. The van der Waals surface area contributed by atoms with Crippen molar-refractivity contribution in [3.05, 3.63) is 52.8 Å². The Bertz CT molecular complexity index is 965. The lowest BCUT2D eigenvalue weighted by Gasteiger charge is -2.33. The van der Waals surface area contributed by atoms with Crippen molar-refractivity contribution in [3.8, 4) is 11.1 Å². The minimum atomic E-state index is -0.570. The summed E-state index contributed by atoms with van der Waals surface area (Å²) in [7, 11) is 0. The molecule has 1 aliphatic rings. The molecule has 31 heavy (non-hydrogen) atoms. The van der Waals surface area contributed by atoms with Gasteiger partial charge in [-0.05, 0) is 50.7 Å². The van der Waals surface area contributed by atoms with Gasteiger partial charge >= 0.3 is 6.09 Å². The van der Waals surface area contributed by atoms with Gasteiger partial charge < -0.3 is 9.64 Å². The van der Waals surface area contributed by atoms with E-state index in [2.05, 4.69) is 31.0 Å². The summed E-state index contributed by atoms with van der Waals surface area (Å²) in [6.45, 7) is 10.7. The van der Waals surface area contributed by atoms with Crippen molar-refractivity contribution in [2.24, 2.45) is 5.92 Å². The quantitative estimate of drug-likeness (QED) is 0.517. The Kier molecular flexibility index (Phi) is 7.05. The SMILES string of the molecule is CC(C)c1cccc(-c2c(Cl)cncc2C(=O)C2CCCN(C(=O)OC(C)(C)C)C2)c1. The van der Waals surface area contributed by atoms with Crippen molar-refractivity contribution in [2.75, 3.05) is 13.1 Å². The molecule has 1 amide bonds. The zero-order chi connectivity index (χ0) is 22.8. The summed E-state index contributed by atoms with van der Waals surface area (Å²) < 4.78 is 5.50. The van der Waals surface area contributed by atoms with Crippen LogP contribution >= 0.6 is 11.6 Å². The number of rotatable bonds is 4. The Balaban J connectivity index is 1.90. The molecule has 0 spiro atoms. The highest BCUT2D eigenvalue weighted by Crippen LogP contribution is 2.35. The number of ether oxygens (including phenoxy) is 1. The van der Waals surface area contributed by atoms with Crippen LogP contribution in [0.2, 0.25) is 5.02 Å². The lowest BCUT2D eigenvalue weighted by molar-refractivity contribution is 0.0172. The summed E-state index contributed by atoms with van der Waals surface area (Å²) in [5.41, 5.74) is 2.72. The molecule has 0 bridgehead atoms. The third-order valence-electron chi connectivity index (χ3n) is 5.45. The fraction of sp³-hybridized carbons (Fsp3) is 0.480. The number of Topliss-reactive ketones (excluding diaryl/α,β-unsaturated/α-hetero) is 1. The van der Waals surface area contributed by atoms with Gasteiger partial charge in [0.25, 0.3) is 0 Å². The van der Waals surface area contributed by atoms with Gasteiger partial charge in [-0.3, -0.25) is 9.78 Å². The highest BCUT2D eigenvalue weighted by molar-refractivity contribution is 6.34. The lowest BCUT2D eigenvalue weighted by Crippen LogP contribution is -2.44. The van der Waals surface area contributed by atoms with Crippen molar-refractivity contribution >= 4 is 23.5 Å². The summed E-state index contributed by atoms with van der Waals surface area (Å²) in [5.74, 6) is 0.0159. The molecule has 166 valence electrons. The van der Waals surface area contributed by atoms with Crippen molar-refractivity contribution in [3.63, 3.8) is 0 Å². The van der Waals surface area contributed by atoms with E-state index in [1.807, 2.05) is 32.9 Å². The molecule has 1 atom stereocenters. The molecule has 0 aliphatic carbocycles. The number of carbonyl (C=O) groups is 2. The highest BCUT2D eigenvalue weighted by Gasteiger charge is 2.33. The number of likely N-dealkylation sites (tertiary alicyclic amines) is 1. The Morgan fingerprint density at radius 3 is 2.65 bits per heavy atom. The molecule has 3 rings (SSSR count). The largest absolute Gasteiger partial charge is 0.444 e. The van der Waals surface area contributed by atoms with Crippen LogP contribution in [0.25, 0.3) is 11.1 Å². The van der Waals surface area contributed by atoms with E-state index < -0.39 is 5.60 Å². The number of halogens is 1. The molecule has 1 aromatic carbocycles. The number of amides is 1. The average Bonchev–Trinajstić information content (AvgIpc) is 2.72. The van der Waals surface area contributed by atoms with E-state index in [0.717, 1.165) is 18.4 Å². The maximum absolute atomic E-state index is 13.5. The number of hydrogen-bond acceptors (Lipinski definition) is 4. The van der Waals surface area contributed by atoms with Crippen LogP contribution in [0.1, 0.15) is 69.3 Å². The smallest absolute Gasteiger partial charge is 0.410 e. The maximum atomic E-state index is 13.5. The van der Waals surface area contributed by atoms with Gasteiger partial charge in [0, 0.05) is 42.5 Å². The summed E-state index contributed by atoms with van der Waals surface area (Å²) >= 11 is 6.53. The van der Waals surface area contributed by atoms with E-state index in [9.17, 15) is 9.59 Å². The molecule has 0 saturated carbocycles. The lowest BCUT2D eigenvalue weighted by atomic mass is 9.87. The van der Waals surface area contributed by atoms with E-state index in [1.54, 1.807) is 17.3 Å². The molecule has 0 radical (unpaired) electrons. The third kappa shape index (κ3) is 5.65. The summed E-state index contributed by atoms with van der Waals surface area (Å²) in [6, 6.07) is 8.11. The Labute approximate surface area is 189 Å². The first-order chi connectivity index (χ1) is 14.6. The molecule has 2 heterocycles. The second kappa shape index (κ2) is 9.39. The molecule has 6 heteroatoms. The Morgan fingerprint density at radius 1 is 1.23 bits per heavy atom. The van der Waals surface area contributed by atoms with E-state index in [-0.39, 0.29) is 17.8 Å². The van der Waals surface area contributed by atoms with Crippen LogP contribution < -0.4 is 0 Å². The number of pyridine rings is 1. The molecule has 1 aromatic heterocycles. The molecule has 1 saturated heterocycles. The van der Waals surface area contributed by atoms with Gasteiger partial charge in [-0.15, -0.1) is 0 Å². The van der Waals surface area contributed by atoms with E-state index in [0.29, 0.717) is 35.2 Å². The van der Waals surface area contributed by atoms with Crippen LogP contribution in [0.15, 0.2) is 36.7 Å². The predicted octanol–water partition coefficient (Wildman–Crippen LogP) is 6.36. The first kappa shape index (κ1) is 23.3. The monoisotopic (exact) mass is 442 g/mol. The Morgan fingerprint density at radius 2 is 1.97 bits per heavy atom. The zero-order valence-electron chi connectivity index (χ0n) is 18.9. The van der Waals surface area contributed by atoms with Crippen molar-refractivity contribution in [2.45, 2.75) is 59.0 Å². The first-order valence-electron chi connectivity index (χ1n) is 10.8. The van der Waals surface area contributed by atoms with Gasteiger partial charge in [-0.25, -0.2) is 4.79 Å². The second-order valence-corrected chi connectivity index (χ2v) is 9.86. The van der Waals surface area contributed by atoms with Crippen molar-refractivity contribution < 1.29 is 14.3 Å². The Hall–Kier alpha value is -2.40. The number of aromatic nitrogens is 1. The minimum absolute atomic E-state index is 0.0341. The molecule has 1 fully saturated rings. The van der Waals surface area contributed by atoms with Gasteiger partial charge in [0.2, 0.25) is 0 Å². The topological polar surface area (TPSA) is 59.5 Å². The van der Waals surface area contributed by atoms with Crippen molar-refractivity contribution in [1.29, 1.82) is 0 Å². The first-order valence-corrected chi connectivity index (χ1v) is 11.2. The fourth-order valence-corrected chi connectivity index (χ4v) is 4.14. The van der Waals surface area contributed by atoms with Gasteiger partial charge in [0.05, 0.1) is 5.02 Å². The summed E-state index contributed by atoms with van der Waals surface area (Å²) in [6.07, 6.45) is 4.26. The van der Waals surface area contributed by atoms with Crippen LogP contribution in [-0.4, -0.2) is 40.5 Å². The molecule has 2 aromatic rings. The van der Waals surface area contributed by atoms with E-state index >= 15 is 0 Å². The number of ketones is 1. The molecule has 1 aliphatic heterocycles. The molecule has 0 N–H and O–H groups in total. The number of nitrogens with zero attached hydrogens (tertiary/aromatic N) is 2. The highest BCUT2D eigenvalue weighted by atomic mass is 35.5. The molecule has 1 unspecified atom stereocenters. The van der Waals surface area contributed by atoms with Crippen LogP contribution in [0, 0.1) is 5.92 Å². The number of hydrogen-bond donors (Lipinski definition) is 0. The normalized spacial score (nSPS) is 17.0. The maximum Gasteiger partial charge on any atom is 0.410 e. The molecule has 5 nitrogen and oxygen atoms in total. The van der Waals surface area contributed by atoms with Crippen LogP contribution in [0.5, 0.6) is 0 Å². The summed E-state index contributed by atoms with van der Waals surface area (Å²) in [5, 5.41) is 0.451. The minimum Gasteiger partial charge on any atom is -0.444 e. The van der Waals surface area contributed by atoms with Gasteiger partial charge in [0.1, 0.15) is 5.60 Å². The van der Waals surface area contributed by atoms with E-state index in [4.69, 9.17) is 16.3 Å². The van der Waals surface area contributed by atoms with Gasteiger partial charge in [-0.2, -0.15) is 0 Å². The van der Waals surface area contributed by atoms with Gasteiger partial charge in [0.15, 0.2) is 5.78 Å². The number of piperidine rings is 1. The van der Waals surface area contributed by atoms with Crippen LogP contribution in [0.3, 0.4) is 0 Å². The average molecular weight is 443 g/mol. The van der Waals surface area contributed by atoms with E-state index in [1.165, 1.54) is 5.56 Å². The molecular weight excluding hydrogens is 412 g/mol. The zero-order valence-corrected chi connectivity index (χ0v) is 19.7. The van der Waals surface area contributed by atoms with Crippen molar-refractivity contribution in [1.82, 2.24) is 9.88 Å². The van der Waals surface area contributed by atoms with Gasteiger partial charge in [-0.1, -0.05) is 49.7 Å². The fourth-order valence-electron chi connectivity index (χ4n) is 3.87. The summed E-state index contributed by atoms with van der Waals surface area (Å²) in [4.78, 5) is 31.9. The number of carbonyl (C=O) groups excluding carboxylic acids is 2. The predicted molar refractivity (Wildman–Crippen MR) is 124 cm³/mol. The van der Waals surface area contributed by atoms with Crippen LogP contribution in [0.4, 0.5) is 4.79 Å². The number of benzene rings is 1. The molecular formula is C25H31ClN2O3. The third-order valence-corrected chi connectivity index (χ3v) is 5.74. The van der Waals surface area contributed by atoms with Crippen LogP contribution in [-0.2, 0) is 4.74 Å². The standard InChI is InChI=1S/C25H31ClN2O3/c1-16(2)17-8-6-9-18(12-17)22-20(13-27-14-21(22)26)23(29)19-10-7-11-28(15-19)24(30)31-25(3,4)5/h6,8-9,12-14,16,19H,7,10-11,15H2,1-5H3.